The van der Waals surface area contributed by atoms with Gasteiger partial charge in [-0.25, -0.2) is 18.6 Å². The molecule has 0 bridgehead atoms. The van der Waals surface area contributed by atoms with E-state index in [1.807, 2.05) is 0 Å². The topological polar surface area (TPSA) is 74.4 Å². The fraction of sp³-hybridized carbons (Fsp3) is 0.200. The highest BCUT2D eigenvalue weighted by Crippen LogP contribution is 2.34. The van der Waals surface area contributed by atoms with Gasteiger partial charge >= 0.3 is 5.97 Å². The number of rotatable bonds is 4. The monoisotopic (exact) mass is 342 g/mol. The lowest BCUT2D eigenvalue weighted by Gasteiger charge is -2.12. The Morgan fingerprint density at radius 2 is 2.09 bits per heavy atom. The number of benzene rings is 1. The average molecular weight is 343 g/mol. The van der Waals surface area contributed by atoms with E-state index in [1.54, 1.807) is 6.92 Å². The number of nitrogens with two attached hydrogens (primary N) is 1. The number of pyridine rings is 1. The number of aromatic nitrogens is 1. The zero-order valence-corrected chi connectivity index (χ0v) is 13.1. The van der Waals surface area contributed by atoms with Gasteiger partial charge in [0.2, 0.25) is 0 Å². The molecule has 0 aliphatic heterocycles. The van der Waals surface area contributed by atoms with Crippen LogP contribution >= 0.6 is 11.6 Å². The Morgan fingerprint density at radius 3 is 2.70 bits per heavy atom. The molecule has 0 radical (unpaired) electrons. The Balaban J connectivity index is 2.65. The van der Waals surface area contributed by atoms with E-state index in [-0.39, 0.29) is 34.3 Å². The molecule has 1 aromatic carbocycles. The standard InChI is InChI=1S/C15H13ClF2N2O3/c1-3-23-14-8(17)5-4-7(12(14)18)10-6-9(19)11(16)13(20-10)15(21)22-2/h4-6H,3H2,1-2H3,(H2,19,20). The summed E-state index contributed by atoms with van der Waals surface area (Å²) in [6, 6.07) is 3.48. The van der Waals surface area contributed by atoms with Crippen LogP contribution in [0.4, 0.5) is 14.5 Å². The SMILES string of the molecule is CCOc1c(F)ccc(-c2cc(N)c(Cl)c(C(=O)OC)n2)c1F. The van der Waals surface area contributed by atoms with Crippen LogP contribution in [0.2, 0.25) is 5.02 Å². The molecule has 0 unspecified atom stereocenters. The van der Waals surface area contributed by atoms with Gasteiger partial charge in [0.15, 0.2) is 23.1 Å². The first kappa shape index (κ1) is 17.0. The summed E-state index contributed by atoms with van der Waals surface area (Å²) in [6.07, 6.45) is 0. The quantitative estimate of drug-likeness (QED) is 0.861. The third-order valence-corrected chi connectivity index (χ3v) is 3.38. The number of hydrogen-bond acceptors (Lipinski definition) is 5. The van der Waals surface area contributed by atoms with Crippen LogP contribution in [0.1, 0.15) is 17.4 Å². The highest BCUT2D eigenvalue weighted by atomic mass is 35.5. The third-order valence-electron chi connectivity index (χ3n) is 2.98. The maximum absolute atomic E-state index is 14.5. The predicted octanol–water partition coefficient (Wildman–Crippen LogP) is 3.45. The highest BCUT2D eigenvalue weighted by molar-refractivity contribution is 6.35. The van der Waals surface area contributed by atoms with Gasteiger partial charge in [-0.1, -0.05) is 11.6 Å². The summed E-state index contributed by atoms with van der Waals surface area (Å²) in [4.78, 5) is 15.6. The maximum atomic E-state index is 14.5. The summed E-state index contributed by atoms with van der Waals surface area (Å²) in [7, 11) is 1.15. The molecule has 0 fully saturated rings. The normalized spacial score (nSPS) is 10.5. The van der Waals surface area contributed by atoms with Crippen LogP contribution < -0.4 is 10.5 Å². The van der Waals surface area contributed by atoms with Gasteiger partial charge in [0.05, 0.1) is 30.1 Å². The van der Waals surface area contributed by atoms with E-state index in [1.165, 1.54) is 12.1 Å². The first-order valence-corrected chi connectivity index (χ1v) is 6.94. The lowest BCUT2D eigenvalue weighted by Crippen LogP contribution is -2.08. The average Bonchev–Trinajstić information content (AvgIpc) is 2.53. The van der Waals surface area contributed by atoms with Crippen molar-refractivity contribution in [3.05, 3.63) is 40.6 Å². The van der Waals surface area contributed by atoms with E-state index in [0.29, 0.717) is 0 Å². The van der Waals surface area contributed by atoms with Gasteiger partial charge in [0.1, 0.15) is 0 Å². The molecule has 8 heteroatoms. The van der Waals surface area contributed by atoms with Crippen LogP contribution in [0.15, 0.2) is 18.2 Å². The molecule has 2 rings (SSSR count). The molecular weight excluding hydrogens is 330 g/mol. The molecule has 122 valence electrons. The summed E-state index contributed by atoms with van der Waals surface area (Å²) < 4.78 is 37.6. The summed E-state index contributed by atoms with van der Waals surface area (Å²) in [5.41, 5.74) is 5.40. The van der Waals surface area contributed by atoms with Crippen LogP contribution in [0.5, 0.6) is 5.75 Å². The number of carbonyl (C=O) groups excluding carboxylic acids is 1. The first-order valence-electron chi connectivity index (χ1n) is 6.56. The van der Waals surface area contributed by atoms with Crippen molar-refractivity contribution in [3.63, 3.8) is 0 Å². The minimum Gasteiger partial charge on any atom is -0.488 e. The van der Waals surface area contributed by atoms with Crippen molar-refractivity contribution in [1.29, 1.82) is 0 Å². The molecule has 0 saturated heterocycles. The highest BCUT2D eigenvalue weighted by Gasteiger charge is 2.21. The molecule has 0 spiro atoms. The fourth-order valence-corrected chi connectivity index (χ4v) is 2.10. The predicted molar refractivity (Wildman–Crippen MR) is 81.5 cm³/mol. The van der Waals surface area contributed by atoms with Crippen LogP contribution in [-0.2, 0) is 4.74 Å². The Morgan fingerprint density at radius 1 is 1.39 bits per heavy atom. The van der Waals surface area contributed by atoms with Crippen molar-refractivity contribution in [2.45, 2.75) is 6.92 Å². The number of carbonyl (C=O) groups is 1. The number of ether oxygens (including phenoxy) is 2. The van der Waals surface area contributed by atoms with E-state index < -0.39 is 23.4 Å². The summed E-state index contributed by atoms with van der Waals surface area (Å²) >= 11 is 5.91. The number of anilines is 1. The van der Waals surface area contributed by atoms with E-state index in [9.17, 15) is 13.6 Å². The third kappa shape index (κ3) is 3.19. The minimum atomic E-state index is -0.947. The Kier molecular flexibility index (Phi) is 5.00. The van der Waals surface area contributed by atoms with Gasteiger partial charge in [-0.3, -0.25) is 0 Å². The second-order valence-electron chi connectivity index (χ2n) is 4.42. The maximum Gasteiger partial charge on any atom is 0.358 e. The van der Waals surface area contributed by atoms with Gasteiger partial charge in [-0.2, -0.15) is 0 Å². The number of nitrogens with zero attached hydrogens (tertiary/aromatic N) is 1. The van der Waals surface area contributed by atoms with Gasteiger partial charge < -0.3 is 15.2 Å². The zero-order valence-electron chi connectivity index (χ0n) is 12.3. The van der Waals surface area contributed by atoms with Crippen LogP contribution in [0.3, 0.4) is 0 Å². The fourth-order valence-electron chi connectivity index (χ4n) is 1.93. The van der Waals surface area contributed by atoms with Crippen molar-refractivity contribution < 1.29 is 23.0 Å². The second kappa shape index (κ2) is 6.78. The van der Waals surface area contributed by atoms with Crippen molar-refractivity contribution >= 4 is 23.3 Å². The molecule has 2 N–H and O–H groups in total. The molecule has 0 atom stereocenters. The number of methoxy groups -OCH3 is 1. The first-order chi connectivity index (χ1) is 10.9. The van der Waals surface area contributed by atoms with Gasteiger partial charge in [-0.15, -0.1) is 0 Å². The number of hydrogen-bond donors (Lipinski definition) is 1. The van der Waals surface area contributed by atoms with Gasteiger partial charge in [-0.05, 0) is 25.1 Å². The van der Waals surface area contributed by atoms with Gasteiger partial charge in [0.25, 0.3) is 0 Å². The Labute approximate surface area is 136 Å². The molecule has 0 aliphatic carbocycles. The van der Waals surface area contributed by atoms with Crippen molar-refractivity contribution in [3.8, 4) is 17.0 Å². The lowest BCUT2D eigenvalue weighted by molar-refractivity contribution is 0.0594. The van der Waals surface area contributed by atoms with Crippen molar-refractivity contribution in [1.82, 2.24) is 4.98 Å². The smallest absolute Gasteiger partial charge is 0.358 e. The molecule has 0 saturated carbocycles. The molecule has 23 heavy (non-hydrogen) atoms. The van der Waals surface area contributed by atoms with Crippen molar-refractivity contribution in [2.75, 3.05) is 19.5 Å². The number of esters is 1. The van der Waals surface area contributed by atoms with Crippen LogP contribution in [0.25, 0.3) is 11.3 Å². The number of nitrogen functional groups attached to an aromatic ring is 1. The molecule has 1 heterocycles. The summed E-state index contributed by atoms with van der Waals surface area (Å²) in [5, 5.41) is -0.104. The molecule has 2 aromatic rings. The molecule has 0 aliphatic rings. The van der Waals surface area contributed by atoms with E-state index in [4.69, 9.17) is 22.1 Å². The Bertz CT molecular complexity index is 769. The zero-order chi connectivity index (χ0) is 17.1. The molecule has 1 aromatic heterocycles. The summed E-state index contributed by atoms with van der Waals surface area (Å²) in [6.45, 7) is 1.68. The molecular formula is C15H13ClF2N2O3. The summed E-state index contributed by atoms with van der Waals surface area (Å²) in [5.74, 6) is -3.14. The van der Waals surface area contributed by atoms with E-state index in [2.05, 4.69) is 9.72 Å². The van der Waals surface area contributed by atoms with Crippen LogP contribution in [-0.4, -0.2) is 24.7 Å². The molecule has 0 amide bonds. The number of halogens is 3. The largest absolute Gasteiger partial charge is 0.488 e. The Hall–Kier alpha value is -2.41. The second-order valence-corrected chi connectivity index (χ2v) is 4.80. The van der Waals surface area contributed by atoms with E-state index >= 15 is 0 Å². The minimum absolute atomic E-state index is 0.00533. The van der Waals surface area contributed by atoms with Crippen molar-refractivity contribution in [2.24, 2.45) is 0 Å². The lowest BCUT2D eigenvalue weighted by atomic mass is 10.1. The van der Waals surface area contributed by atoms with E-state index in [0.717, 1.165) is 13.2 Å². The molecule has 5 nitrogen and oxygen atoms in total. The van der Waals surface area contributed by atoms with Crippen LogP contribution in [0, 0.1) is 11.6 Å². The van der Waals surface area contributed by atoms with Gasteiger partial charge in [0, 0.05) is 5.56 Å².